The second-order valence-electron chi connectivity index (χ2n) is 7.59. The van der Waals surface area contributed by atoms with E-state index in [0.29, 0.717) is 32.5 Å². The average molecular weight is 343 g/mol. The van der Waals surface area contributed by atoms with Crippen LogP contribution in [-0.4, -0.2) is 70.9 Å². The normalized spacial score (nSPS) is 27.9. The van der Waals surface area contributed by atoms with Gasteiger partial charge in [-0.2, -0.15) is 0 Å². The molecular formula is C15H25N3O4S. The number of nitrogens with zero attached hydrogens (tertiary/aromatic N) is 3. The average Bonchev–Trinajstić information content (AvgIpc) is 3.03. The molecular weight excluding hydrogens is 318 g/mol. The highest BCUT2D eigenvalue weighted by Crippen LogP contribution is 2.32. The van der Waals surface area contributed by atoms with Crippen molar-refractivity contribution < 1.29 is 18.0 Å². The van der Waals surface area contributed by atoms with Crippen LogP contribution >= 0.6 is 0 Å². The maximum absolute atomic E-state index is 12.5. The molecule has 0 radical (unpaired) electrons. The molecule has 0 aromatic heterocycles. The van der Waals surface area contributed by atoms with E-state index in [1.807, 2.05) is 0 Å². The zero-order chi connectivity index (χ0) is 17.0. The van der Waals surface area contributed by atoms with Crippen molar-refractivity contribution in [1.82, 2.24) is 14.1 Å². The third-order valence-electron chi connectivity index (χ3n) is 5.13. The van der Waals surface area contributed by atoms with Gasteiger partial charge in [0.25, 0.3) is 5.91 Å². The number of rotatable bonds is 2. The second kappa shape index (κ2) is 5.44. The molecule has 0 bridgehead atoms. The van der Waals surface area contributed by atoms with E-state index in [0.717, 1.165) is 12.8 Å². The fraction of sp³-hybridized carbons (Fsp3) is 0.867. The number of sulfonamides is 1. The Morgan fingerprint density at radius 2 is 1.61 bits per heavy atom. The summed E-state index contributed by atoms with van der Waals surface area (Å²) in [5.74, 6) is -0.0929. The molecule has 3 saturated heterocycles. The minimum absolute atomic E-state index is 0.0929. The van der Waals surface area contributed by atoms with Crippen LogP contribution in [0.4, 0.5) is 4.79 Å². The summed E-state index contributed by atoms with van der Waals surface area (Å²) in [5, 5.41) is 0. The van der Waals surface area contributed by atoms with Crippen LogP contribution in [0.2, 0.25) is 0 Å². The zero-order valence-electron chi connectivity index (χ0n) is 14.0. The van der Waals surface area contributed by atoms with Gasteiger partial charge >= 0.3 is 6.03 Å². The van der Waals surface area contributed by atoms with Crippen LogP contribution in [0.15, 0.2) is 0 Å². The van der Waals surface area contributed by atoms with Crippen LogP contribution in [0.5, 0.6) is 0 Å². The zero-order valence-corrected chi connectivity index (χ0v) is 14.8. The van der Waals surface area contributed by atoms with E-state index < -0.39 is 14.8 Å². The van der Waals surface area contributed by atoms with E-state index in [1.54, 1.807) is 25.7 Å². The van der Waals surface area contributed by atoms with Crippen molar-refractivity contribution in [2.45, 2.75) is 63.3 Å². The topological polar surface area (TPSA) is 78.0 Å². The summed E-state index contributed by atoms with van der Waals surface area (Å²) in [6.07, 6.45) is 2.68. The lowest BCUT2D eigenvalue weighted by Crippen LogP contribution is -2.52. The lowest BCUT2D eigenvalue weighted by molar-refractivity contribution is -0.129. The Bertz CT molecular complexity index is 595. The van der Waals surface area contributed by atoms with Crippen molar-refractivity contribution in [3.8, 4) is 0 Å². The van der Waals surface area contributed by atoms with Crippen LogP contribution in [0.25, 0.3) is 0 Å². The Labute approximate surface area is 137 Å². The molecule has 3 aliphatic heterocycles. The number of carbonyl (C=O) groups is 2. The molecule has 3 amide bonds. The van der Waals surface area contributed by atoms with Crippen molar-refractivity contribution in [2.75, 3.05) is 19.6 Å². The molecule has 8 heteroatoms. The predicted molar refractivity (Wildman–Crippen MR) is 85.2 cm³/mol. The van der Waals surface area contributed by atoms with E-state index in [1.165, 1.54) is 9.21 Å². The van der Waals surface area contributed by atoms with Crippen LogP contribution < -0.4 is 0 Å². The monoisotopic (exact) mass is 343 g/mol. The highest BCUT2D eigenvalue weighted by Gasteiger charge is 2.50. The molecule has 3 aliphatic rings. The van der Waals surface area contributed by atoms with E-state index in [9.17, 15) is 18.0 Å². The van der Waals surface area contributed by atoms with Gasteiger partial charge in [-0.25, -0.2) is 17.5 Å². The summed E-state index contributed by atoms with van der Waals surface area (Å²) in [6.45, 7) is 6.46. The van der Waals surface area contributed by atoms with Gasteiger partial charge in [-0.3, -0.25) is 9.69 Å². The minimum atomic E-state index is -3.35. The molecule has 0 N–H and O–H groups in total. The van der Waals surface area contributed by atoms with Gasteiger partial charge in [0.05, 0.1) is 4.75 Å². The molecule has 1 atom stereocenters. The Balaban J connectivity index is 1.68. The molecule has 0 unspecified atom stereocenters. The van der Waals surface area contributed by atoms with Gasteiger partial charge < -0.3 is 4.90 Å². The number of urea groups is 1. The highest BCUT2D eigenvalue weighted by molar-refractivity contribution is 7.90. The summed E-state index contributed by atoms with van der Waals surface area (Å²) in [7, 11) is -3.35. The van der Waals surface area contributed by atoms with E-state index >= 15 is 0 Å². The number of piperidine rings is 1. The molecule has 3 rings (SSSR count). The Morgan fingerprint density at radius 3 is 2.13 bits per heavy atom. The first kappa shape index (κ1) is 16.7. The van der Waals surface area contributed by atoms with Crippen LogP contribution in [0.1, 0.15) is 46.5 Å². The van der Waals surface area contributed by atoms with E-state index in [2.05, 4.69) is 0 Å². The number of hydrogen-bond acceptors (Lipinski definition) is 4. The number of amides is 3. The van der Waals surface area contributed by atoms with Crippen molar-refractivity contribution >= 4 is 22.0 Å². The fourth-order valence-electron chi connectivity index (χ4n) is 3.71. The van der Waals surface area contributed by atoms with Gasteiger partial charge in [-0.1, -0.05) is 0 Å². The minimum Gasteiger partial charge on any atom is -0.312 e. The molecule has 3 heterocycles. The van der Waals surface area contributed by atoms with Gasteiger partial charge in [0.2, 0.25) is 10.0 Å². The number of imide groups is 1. The molecule has 3 fully saturated rings. The van der Waals surface area contributed by atoms with Crippen LogP contribution in [0, 0.1) is 0 Å². The number of fused-ring (bicyclic) bond motifs is 1. The van der Waals surface area contributed by atoms with Crippen LogP contribution in [0.3, 0.4) is 0 Å². The summed E-state index contributed by atoms with van der Waals surface area (Å²) >= 11 is 0. The number of carbonyl (C=O) groups excluding carboxylic acids is 2. The molecule has 130 valence electrons. The summed E-state index contributed by atoms with van der Waals surface area (Å²) < 4.78 is 25.7. The second-order valence-corrected chi connectivity index (χ2v) is 10.3. The number of hydrogen-bond donors (Lipinski definition) is 0. The molecule has 7 nitrogen and oxygen atoms in total. The van der Waals surface area contributed by atoms with E-state index in [-0.39, 0.29) is 24.0 Å². The molecule has 0 spiro atoms. The van der Waals surface area contributed by atoms with Gasteiger partial charge in [0.15, 0.2) is 0 Å². The smallest absolute Gasteiger partial charge is 0.312 e. The predicted octanol–water partition coefficient (Wildman–Crippen LogP) is 1.01. The summed E-state index contributed by atoms with van der Waals surface area (Å²) in [4.78, 5) is 28.0. The fourth-order valence-corrected chi connectivity index (χ4v) is 5.18. The lowest BCUT2D eigenvalue weighted by Gasteiger charge is -2.37. The maximum atomic E-state index is 12.5. The molecule has 23 heavy (non-hydrogen) atoms. The summed E-state index contributed by atoms with van der Waals surface area (Å²) in [6, 6.07) is -0.638. The first-order valence-electron chi connectivity index (χ1n) is 8.28. The molecule has 0 aliphatic carbocycles. The quantitative estimate of drug-likeness (QED) is 0.701. The molecule has 0 aromatic carbocycles. The highest BCUT2D eigenvalue weighted by atomic mass is 32.2. The Kier molecular flexibility index (Phi) is 3.95. The van der Waals surface area contributed by atoms with Gasteiger partial charge in [-0.15, -0.1) is 0 Å². The first-order chi connectivity index (χ1) is 10.6. The van der Waals surface area contributed by atoms with Crippen molar-refractivity contribution in [3.63, 3.8) is 0 Å². The van der Waals surface area contributed by atoms with Crippen LogP contribution in [-0.2, 0) is 14.8 Å². The maximum Gasteiger partial charge on any atom is 0.327 e. The molecule has 0 aromatic rings. The van der Waals surface area contributed by atoms with E-state index in [4.69, 9.17) is 0 Å². The largest absolute Gasteiger partial charge is 0.327 e. The Morgan fingerprint density at radius 1 is 1.00 bits per heavy atom. The first-order valence-corrected chi connectivity index (χ1v) is 9.72. The van der Waals surface area contributed by atoms with Gasteiger partial charge in [-0.05, 0) is 46.5 Å². The van der Waals surface area contributed by atoms with Crippen molar-refractivity contribution in [1.29, 1.82) is 0 Å². The SMILES string of the molecule is CC(C)(C)S(=O)(=O)N1CCC(N2C(=O)[C@H]3CCCN3C2=O)CC1. The third-order valence-corrected chi connectivity index (χ3v) is 7.72. The lowest BCUT2D eigenvalue weighted by atomic mass is 10.0. The van der Waals surface area contributed by atoms with Crippen molar-refractivity contribution in [3.05, 3.63) is 0 Å². The summed E-state index contributed by atoms with van der Waals surface area (Å²) in [5.41, 5.74) is 0. The van der Waals surface area contributed by atoms with Gasteiger partial charge in [0.1, 0.15) is 6.04 Å². The third kappa shape index (κ3) is 2.55. The van der Waals surface area contributed by atoms with Crippen molar-refractivity contribution in [2.24, 2.45) is 0 Å². The standard InChI is InChI=1S/C15H25N3O4S/c1-15(2,3)23(21,22)16-9-6-11(7-10-16)18-13(19)12-5-4-8-17(12)14(18)20/h11-12H,4-10H2,1-3H3/t12-/m1/s1. The molecule has 0 saturated carbocycles. The Hall–Kier alpha value is -1.15. The van der Waals surface area contributed by atoms with Gasteiger partial charge in [0, 0.05) is 25.7 Å².